The first-order valence-electron chi connectivity index (χ1n) is 8.74. The van der Waals surface area contributed by atoms with Crippen molar-refractivity contribution < 1.29 is 4.79 Å². The van der Waals surface area contributed by atoms with Crippen LogP contribution in [0.1, 0.15) is 46.5 Å². The molecular formula is C17H33N3O. The topological polar surface area (TPSA) is 49.6 Å². The zero-order chi connectivity index (χ0) is 15.4. The van der Waals surface area contributed by atoms with E-state index in [-0.39, 0.29) is 5.92 Å². The molecule has 0 aromatic rings. The zero-order valence-corrected chi connectivity index (χ0v) is 14.1. The van der Waals surface area contributed by atoms with Crippen molar-refractivity contribution in [3.8, 4) is 0 Å². The average molecular weight is 295 g/mol. The molecule has 2 aliphatic rings. The van der Waals surface area contributed by atoms with Crippen LogP contribution < -0.4 is 5.73 Å². The lowest BCUT2D eigenvalue weighted by molar-refractivity contribution is -0.139. The van der Waals surface area contributed by atoms with Crippen LogP contribution in [0.25, 0.3) is 0 Å². The van der Waals surface area contributed by atoms with Crippen LogP contribution in [0.3, 0.4) is 0 Å². The van der Waals surface area contributed by atoms with Gasteiger partial charge in [-0.05, 0) is 31.1 Å². The van der Waals surface area contributed by atoms with E-state index < -0.39 is 0 Å². The first-order valence-corrected chi connectivity index (χ1v) is 8.74. The molecule has 0 bridgehead atoms. The Hall–Kier alpha value is -0.610. The van der Waals surface area contributed by atoms with Gasteiger partial charge in [-0.15, -0.1) is 0 Å². The highest BCUT2D eigenvalue weighted by atomic mass is 16.2. The van der Waals surface area contributed by atoms with Crippen LogP contribution in [-0.4, -0.2) is 54.5 Å². The van der Waals surface area contributed by atoms with Gasteiger partial charge in [-0.1, -0.05) is 27.2 Å². The van der Waals surface area contributed by atoms with Gasteiger partial charge in [0.2, 0.25) is 5.91 Å². The summed E-state index contributed by atoms with van der Waals surface area (Å²) in [6, 6.07) is 0.307. The Kier molecular flexibility index (Phi) is 6.06. The van der Waals surface area contributed by atoms with Crippen molar-refractivity contribution in [3.05, 3.63) is 0 Å². The largest absolute Gasteiger partial charge is 0.340 e. The molecule has 0 aromatic carbocycles. The van der Waals surface area contributed by atoms with E-state index in [1.165, 1.54) is 12.8 Å². The fraction of sp³-hybridized carbons (Fsp3) is 0.941. The number of nitrogens with two attached hydrogens (primary N) is 1. The highest BCUT2D eigenvalue weighted by molar-refractivity contribution is 5.79. The minimum absolute atomic E-state index is 0.146. The van der Waals surface area contributed by atoms with E-state index >= 15 is 0 Å². The molecule has 1 aliphatic heterocycles. The highest BCUT2D eigenvalue weighted by Gasteiger charge is 2.32. The van der Waals surface area contributed by atoms with Crippen LogP contribution in [0.5, 0.6) is 0 Å². The quantitative estimate of drug-likeness (QED) is 0.862. The smallest absolute Gasteiger partial charge is 0.225 e. The predicted octanol–water partition coefficient (Wildman–Crippen LogP) is 1.94. The van der Waals surface area contributed by atoms with Crippen LogP contribution in [0.15, 0.2) is 0 Å². The molecule has 2 fully saturated rings. The lowest BCUT2D eigenvalue weighted by Gasteiger charge is -2.39. The molecule has 3 atom stereocenters. The predicted molar refractivity (Wildman–Crippen MR) is 87.0 cm³/mol. The van der Waals surface area contributed by atoms with Crippen molar-refractivity contribution in [2.45, 2.75) is 52.5 Å². The normalized spacial score (nSPS) is 29.7. The Morgan fingerprint density at radius 2 is 1.81 bits per heavy atom. The molecule has 4 nitrogen and oxygen atoms in total. The number of hydrogen-bond acceptors (Lipinski definition) is 3. The van der Waals surface area contributed by atoms with Crippen LogP contribution in [0, 0.1) is 17.8 Å². The third-order valence-corrected chi connectivity index (χ3v) is 5.16. The molecule has 0 radical (unpaired) electrons. The van der Waals surface area contributed by atoms with Crippen LogP contribution in [-0.2, 0) is 4.79 Å². The maximum absolute atomic E-state index is 12.7. The number of hydrogen-bond donors (Lipinski definition) is 1. The molecule has 1 saturated carbocycles. The molecular weight excluding hydrogens is 262 g/mol. The number of carbonyl (C=O) groups is 1. The number of carbonyl (C=O) groups excluding carboxylic acids is 1. The molecule has 21 heavy (non-hydrogen) atoms. The number of nitrogens with zero attached hydrogens (tertiary/aromatic N) is 2. The summed E-state index contributed by atoms with van der Waals surface area (Å²) in [7, 11) is 0. The summed E-state index contributed by atoms with van der Waals surface area (Å²) in [5.41, 5.74) is 6.07. The van der Waals surface area contributed by atoms with Crippen LogP contribution in [0.4, 0.5) is 0 Å². The first kappa shape index (κ1) is 16.8. The summed E-state index contributed by atoms with van der Waals surface area (Å²) >= 11 is 0. The summed E-state index contributed by atoms with van der Waals surface area (Å²) in [5, 5.41) is 0. The van der Waals surface area contributed by atoms with Gasteiger partial charge in [0, 0.05) is 44.7 Å². The van der Waals surface area contributed by atoms with Gasteiger partial charge in [0.25, 0.3) is 0 Å². The zero-order valence-electron chi connectivity index (χ0n) is 14.1. The first-order chi connectivity index (χ1) is 9.97. The van der Waals surface area contributed by atoms with Gasteiger partial charge in [0.15, 0.2) is 0 Å². The van der Waals surface area contributed by atoms with E-state index in [0.29, 0.717) is 23.8 Å². The lowest BCUT2D eigenvalue weighted by Crippen LogP contribution is -2.51. The summed E-state index contributed by atoms with van der Waals surface area (Å²) < 4.78 is 0. The van der Waals surface area contributed by atoms with Crippen molar-refractivity contribution in [1.29, 1.82) is 0 Å². The third kappa shape index (κ3) is 4.68. The molecule has 1 heterocycles. The average Bonchev–Trinajstić information content (AvgIpc) is 2.46. The van der Waals surface area contributed by atoms with Gasteiger partial charge >= 0.3 is 0 Å². The Morgan fingerprint density at radius 1 is 1.14 bits per heavy atom. The maximum Gasteiger partial charge on any atom is 0.225 e. The number of piperazine rings is 1. The van der Waals surface area contributed by atoms with Crippen LogP contribution in [0.2, 0.25) is 0 Å². The molecule has 1 saturated heterocycles. The van der Waals surface area contributed by atoms with E-state index in [9.17, 15) is 4.79 Å². The minimum atomic E-state index is 0.146. The molecule has 3 unspecified atom stereocenters. The monoisotopic (exact) mass is 295 g/mol. The molecule has 0 spiro atoms. The number of rotatable bonds is 4. The third-order valence-electron chi connectivity index (χ3n) is 5.16. The summed E-state index contributed by atoms with van der Waals surface area (Å²) in [4.78, 5) is 17.3. The molecule has 122 valence electrons. The van der Waals surface area contributed by atoms with Crippen molar-refractivity contribution >= 4 is 5.91 Å². The highest BCUT2D eigenvalue weighted by Crippen LogP contribution is 2.30. The Labute approximate surface area is 130 Å². The molecule has 4 heteroatoms. The van der Waals surface area contributed by atoms with Crippen molar-refractivity contribution in [2.75, 3.05) is 32.7 Å². The van der Waals surface area contributed by atoms with E-state index in [4.69, 9.17) is 5.73 Å². The lowest BCUT2D eigenvalue weighted by atomic mass is 9.78. The Bertz CT molecular complexity index is 337. The standard InChI is InChI=1S/C17H33N3O/c1-13(2)12-19-7-9-20(10-8-19)17(21)14(3)15-5-4-6-16(18)11-15/h13-16H,4-12,18H2,1-3H3. The minimum Gasteiger partial charge on any atom is -0.340 e. The van der Waals surface area contributed by atoms with Gasteiger partial charge in [-0.25, -0.2) is 0 Å². The molecule has 1 amide bonds. The maximum atomic E-state index is 12.7. The second-order valence-corrected chi connectivity index (χ2v) is 7.50. The SMILES string of the molecule is CC(C)CN1CCN(C(=O)C(C)C2CCCC(N)C2)CC1. The summed E-state index contributed by atoms with van der Waals surface area (Å²) in [5.74, 6) is 1.70. The van der Waals surface area contributed by atoms with Crippen LogP contribution >= 0.6 is 0 Å². The van der Waals surface area contributed by atoms with Crippen molar-refractivity contribution in [3.63, 3.8) is 0 Å². The summed E-state index contributed by atoms with van der Waals surface area (Å²) in [6.45, 7) is 11.6. The van der Waals surface area contributed by atoms with E-state index in [0.717, 1.165) is 45.6 Å². The van der Waals surface area contributed by atoms with Gasteiger partial charge in [0.05, 0.1) is 0 Å². The fourth-order valence-corrected chi connectivity index (χ4v) is 3.88. The molecule has 1 aliphatic carbocycles. The van der Waals surface area contributed by atoms with Crippen molar-refractivity contribution in [2.24, 2.45) is 23.5 Å². The summed E-state index contributed by atoms with van der Waals surface area (Å²) in [6.07, 6.45) is 4.52. The molecule has 2 rings (SSSR count). The fourth-order valence-electron chi connectivity index (χ4n) is 3.88. The van der Waals surface area contributed by atoms with Gasteiger partial charge in [-0.3, -0.25) is 9.69 Å². The Balaban J connectivity index is 1.81. The second-order valence-electron chi connectivity index (χ2n) is 7.50. The number of amides is 1. The molecule has 2 N–H and O–H groups in total. The Morgan fingerprint density at radius 3 is 2.38 bits per heavy atom. The van der Waals surface area contributed by atoms with E-state index in [1.807, 2.05) is 0 Å². The molecule has 0 aromatic heterocycles. The second kappa shape index (κ2) is 7.59. The van der Waals surface area contributed by atoms with Gasteiger partial charge < -0.3 is 10.6 Å². The van der Waals surface area contributed by atoms with Gasteiger partial charge in [-0.2, -0.15) is 0 Å². The van der Waals surface area contributed by atoms with Gasteiger partial charge in [0.1, 0.15) is 0 Å². The van der Waals surface area contributed by atoms with Crippen molar-refractivity contribution in [1.82, 2.24) is 9.80 Å². The van der Waals surface area contributed by atoms with E-state index in [2.05, 4.69) is 30.6 Å². The van der Waals surface area contributed by atoms with E-state index in [1.54, 1.807) is 0 Å².